The Bertz CT molecular complexity index is 266. The van der Waals surface area contributed by atoms with Crippen LogP contribution < -0.4 is 0 Å². The minimum absolute atomic E-state index is 0.0985. The van der Waals surface area contributed by atoms with Crippen molar-refractivity contribution in [1.29, 1.82) is 0 Å². The summed E-state index contributed by atoms with van der Waals surface area (Å²) in [6, 6.07) is 0. The van der Waals surface area contributed by atoms with Crippen molar-refractivity contribution in [3.05, 3.63) is 0 Å². The molecule has 0 radical (unpaired) electrons. The summed E-state index contributed by atoms with van der Waals surface area (Å²) in [5.41, 5.74) is 0. The summed E-state index contributed by atoms with van der Waals surface area (Å²) in [4.78, 5) is 21.6. The maximum absolute atomic E-state index is 11.2. The highest BCUT2D eigenvalue weighted by Gasteiger charge is 2.39. The molecule has 100 valence electrons. The maximum atomic E-state index is 11.2. The van der Waals surface area contributed by atoms with Gasteiger partial charge < -0.3 is 9.22 Å². The quantitative estimate of drug-likeness (QED) is 0.519. The fourth-order valence-electron chi connectivity index (χ4n) is 1.37. The van der Waals surface area contributed by atoms with E-state index in [1.165, 1.54) is 0 Å². The van der Waals surface area contributed by atoms with Gasteiger partial charge in [0.25, 0.3) is 0 Å². The van der Waals surface area contributed by atoms with Crippen LogP contribution in [0.1, 0.15) is 47.0 Å². The average molecular weight is 258 g/mol. The van der Waals surface area contributed by atoms with Crippen LogP contribution in [0.4, 0.5) is 0 Å². The SMILES string of the molecule is CC(=O)C[C@@H](CCC=O)O[Si](C)(C)C(C)(C)C. The van der Waals surface area contributed by atoms with Crippen molar-refractivity contribution >= 4 is 20.4 Å². The molecule has 3 nitrogen and oxygen atoms in total. The van der Waals surface area contributed by atoms with Crippen LogP contribution in [0.3, 0.4) is 0 Å². The Labute approximate surface area is 106 Å². The van der Waals surface area contributed by atoms with Crippen molar-refractivity contribution in [1.82, 2.24) is 0 Å². The van der Waals surface area contributed by atoms with Crippen LogP contribution in [0, 0.1) is 0 Å². The van der Waals surface area contributed by atoms with Gasteiger partial charge in [0.05, 0.1) is 6.10 Å². The summed E-state index contributed by atoms with van der Waals surface area (Å²) in [6.07, 6.45) is 2.32. The molecule has 0 aromatic rings. The summed E-state index contributed by atoms with van der Waals surface area (Å²) in [5.74, 6) is 0.125. The van der Waals surface area contributed by atoms with E-state index in [1.54, 1.807) is 6.92 Å². The van der Waals surface area contributed by atoms with Gasteiger partial charge in [-0.05, 0) is 31.5 Å². The Morgan fingerprint density at radius 1 is 1.35 bits per heavy atom. The van der Waals surface area contributed by atoms with Gasteiger partial charge in [0, 0.05) is 12.8 Å². The van der Waals surface area contributed by atoms with E-state index in [4.69, 9.17) is 4.43 Å². The van der Waals surface area contributed by atoms with Crippen molar-refractivity contribution in [2.45, 2.75) is 71.2 Å². The molecule has 0 aromatic heterocycles. The van der Waals surface area contributed by atoms with Crippen molar-refractivity contribution in [3.8, 4) is 0 Å². The van der Waals surface area contributed by atoms with Crippen LogP contribution in [0.25, 0.3) is 0 Å². The summed E-state index contributed by atoms with van der Waals surface area (Å²) in [6.45, 7) is 12.4. The second-order valence-electron chi connectivity index (χ2n) is 6.15. The van der Waals surface area contributed by atoms with Crippen LogP contribution >= 0.6 is 0 Å². The number of rotatable bonds is 7. The van der Waals surface area contributed by atoms with E-state index in [0.29, 0.717) is 19.3 Å². The fraction of sp³-hybridized carbons (Fsp3) is 0.846. The molecule has 0 N–H and O–H groups in total. The highest BCUT2D eigenvalue weighted by atomic mass is 28.4. The topological polar surface area (TPSA) is 43.4 Å². The standard InChI is InChI=1S/C13H26O3Si/c1-11(15)10-12(8-7-9-14)16-17(5,6)13(2,3)4/h9,12H,7-8,10H2,1-6H3/t12-/m1/s1. The van der Waals surface area contributed by atoms with E-state index in [2.05, 4.69) is 33.9 Å². The molecule has 0 spiro atoms. The molecule has 0 aromatic carbocycles. The van der Waals surface area contributed by atoms with Crippen LogP contribution in [-0.2, 0) is 14.0 Å². The molecule has 0 unspecified atom stereocenters. The largest absolute Gasteiger partial charge is 0.413 e. The molecule has 0 aliphatic heterocycles. The molecule has 0 saturated carbocycles. The number of aldehydes is 1. The van der Waals surface area contributed by atoms with E-state index in [-0.39, 0.29) is 16.9 Å². The van der Waals surface area contributed by atoms with E-state index in [1.807, 2.05) is 0 Å². The van der Waals surface area contributed by atoms with Crippen LogP contribution in [0.5, 0.6) is 0 Å². The van der Waals surface area contributed by atoms with Gasteiger partial charge in [0.2, 0.25) is 0 Å². The van der Waals surface area contributed by atoms with Gasteiger partial charge in [-0.2, -0.15) is 0 Å². The molecule has 0 aliphatic carbocycles. The maximum Gasteiger partial charge on any atom is 0.192 e. The van der Waals surface area contributed by atoms with Crippen molar-refractivity contribution in [2.75, 3.05) is 0 Å². The van der Waals surface area contributed by atoms with Crippen LogP contribution in [-0.4, -0.2) is 26.5 Å². The highest BCUT2D eigenvalue weighted by Crippen LogP contribution is 2.38. The zero-order chi connectivity index (χ0) is 13.7. The fourth-order valence-corrected chi connectivity index (χ4v) is 2.76. The van der Waals surface area contributed by atoms with Crippen molar-refractivity contribution < 1.29 is 14.0 Å². The van der Waals surface area contributed by atoms with Gasteiger partial charge in [-0.1, -0.05) is 20.8 Å². The number of carbonyl (C=O) groups excluding carboxylic acids is 2. The van der Waals surface area contributed by atoms with Gasteiger partial charge in [-0.3, -0.25) is 4.79 Å². The number of hydrogen-bond acceptors (Lipinski definition) is 3. The van der Waals surface area contributed by atoms with Gasteiger partial charge in [0.15, 0.2) is 8.32 Å². The Morgan fingerprint density at radius 2 is 1.88 bits per heavy atom. The van der Waals surface area contributed by atoms with E-state index >= 15 is 0 Å². The lowest BCUT2D eigenvalue weighted by Crippen LogP contribution is -2.44. The van der Waals surface area contributed by atoms with Crippen molar-refractivity contribution in [3.63, 3.8) is 0 Å². The van der Waals surface area contributed by atoms with Crippen LogP contribution in [0.15, 0.2) is 0 Å². The Kier molecular flexibility index (Phi) is 6.27. The third-order valence-corrected chi connectivity index (χ3v) is 7.92. The van der Waals surface area contributed by atoms with E-state index in [0.717, 1.165) is 6.29 Å². The third kappa shape index (κ3) is 6.12. The minimum atomic E-state index is -1.85. The molecule has 4 heteroatoms. The van der Waals surface area contributed by atoms with Gasteiger partial charge in [0.1, 0.15) is 12.1 Å². The summed E-state index contributed by atoms with van der Waals surface area (Å²) < 4.78 is 6.17. The van der Waals surface area contributed by atoms with Crippen molar-refractivity contribution in [2.24, 2.45) is 0 Å². The average Bonchev–Trinajstić information content (AvgIpc) is 2.10. The molecule has 0 amide bonds. The smallest absolute Gasteiger partial charge is 0.192 e. The molecule has 0 rings (SSSR count). The Balaban J connectivity index is 4.61. The Morgan fingerprint density at radius 3 is 2.24 bits per heavy atom. The summed E-state index contributed by atoms with van der Waals surface area (Å²) in [7, 11) is -1.85. The number of carbonyl (C=O) groups is 2. The molecule has 17 heavy (non-hydrogen) atoms. The predicted molar refractivity (Wildman–Crippen MR) is 72.7 cm³/mol. The second-order valence-corrected chi connectivity index (χ2v) is 10.9. The first-order valence-electron chi connectivity index (χ1n) is 6.21. The third-order valence-electron chi connectivity index (χ3n) is 3.39. The lowest BCUT2D eigenvalue weighted by molar-refractivity contribution is -0.119. The number of ketones is 1. The Hall–Kier alpha value is -0.483. The molecule has 0 heterocycles. The zero-order valence-corrected chi connectivity index (χ0v) is 13.0. The van der Waals surface area contributed by atoms with Gasteiger partial charge in [-0.25, -0.2) is 0 Å². The second kappa shape index (κ2) is 6.45. The van der Waals surface area contributed by atoms with E-state index in [9.17, 15) is 9.59 Å². The van der Waals surface area contributed by atoms with E-state index < -0.39 is 8.32 Å². The summed E-state index contributed by atoms with van der Waals surface area (Å²) >= 11 is 0. The highest BCUT2D eigenvalue weighted by molar-refractivity contribution is 6.74. The molecule has 0 fully saturated rings. The molecular weight excluding hydrogens is 232 g/mol. The summed E-state index contributed by atoms with van der Waals surface area (Å²) in [5, 5.41) is 0.128. The normalized spacial score (nSPS) is 14.5. The minimum Gasteiger partial charge on any atom is -0.413 e. The lowest BCUT2D eigenvalue weighted by Gasteiger charge is -2.39. The molecular formula is C13H26O3Si. The predicted octanol–water partition coefficient (Wildman–Crippen LogP) is 3.34. The molecule has 0 saturated heterocycles. The zero-order valence-electron chi connectivity index (χ0n) is 12.0. The lowest BCUT2D eigenvalue weighted by atomic mass is 10.1. The monoisotopic (exact) mass is 258 g/mol. The van der Waals surface area contributed by atoms with Gasteiger partial charge in [-0.15, -0.1) is 0 Å². The first-order valence-corrected chi connectivity index (χ1v) is 9.12. The first-order chi connectivity index (χ1) is 7.60. The van der Waals surface area contributed by atoms with Crippen LogP contribution in [0.2, 0.25) is 18.1 Å². The molecule has 0 bridgehead atoms. The van der Waals surface area contributed by atoms with Gasteiger partial charge >= 0.3 is 0 Å². The molecule has 0 aliphatic rings. The molecule has 1 atom stereocenters. The number of hydrogen-bond donors (Lipinski definition) is 0. The number of Topliss-reactive ketones (excluding diaryl/α,β-unsaturated/α-hetero) is 1. The first kappa shape index (κ1) is 16.5.